The van der Waals surface area contributed by atoms with E-state index >= 15 is 0 Å². The number of benzene rings is 2. The molecule has 4 rings (SSSR count). The molecule has 0 unspecified atom stereocenters. The van der Waals surface area contributed by atoms with Crippen LogP contribution in [0.25, 0.3) is 10.9 Å². The van der Waals surface area contributed by atoms with Crippen molar-refractivity contribution in [3.8, 4) is 0 Å². The van der Waals surface area contributed by atoms with E-state index in [0.717, 1.165) is 6.42 Å². The smallest absolute Gasteiger partial charge is 0.254 e. The Bertz CT molecular complexity index is 896. The Morgan fingerprint density at radius 1 is 1.09 bits per heavy atom. The molecule has 1 aromatic heterocycles. The van der Waals surface area contributed by atoms with Gasteiger partial charge in [-0.3, -0.25) is 4.79 Å². The first-order chi connectivity index (χ1) is 11.1. The fourth-order valence-electron chi connectivity index (χ4n) is 3.48. The van der Waals surface area contributed by atoms with Gasteiger partial charge in [0.15, 0.2) is 0 Å². The molecular weight excluding hydrogens is 291 g/mol. The lowest BCUT2D eigenvalue weighted by Gasteiger charge is -2.28. The summed E-state index contributed by atoms with van der Waals surface area (Å²) in [6.07, 6.45) is 0.841. The monoisotopic (exact) mass is 308 g/mol. The van der Waals surface area contributed by atoms with Crippen LogP contribution in [0.4, 0.5) is 4.39 Å². The van der Waals surface area contributed by atoms with Gasteiger partial charge in [0.25, 0.3) is 5.91 Å². The van der Waals surface area contributed by atoms with Gasteiger partial charge in [-0.15, -0.1) is 0 Å². The van der Waals surface area contributed by atoms with Gasteiger partial charge in [0.05, 0.1) is 0 Å². The van der Waals surface area contributed by atoms with E-state index in [9.17, 15) is 9.18 Å². The molecule has 0 atom stereocenters. The molecule has 2 aromatic carbocycles. The third-order valence-electron chi connectivity index (χ3n) is 4.69. The first kappa shape index (κ1) is 14.0. The zero-order valence-electron chi connectivity index (χ0n) is 12.9. The van der Waals surface area contributed by atoms with Crippen molar-refractivity contribution < 1.29 is 9.18 Å². The van der Waals surface area contributed by atoms with Crippen LogP contribution in [0.2, 0.25) is 0 Å². The number of halogens is 1. The van der Waals surface area contributed by atoms with Crippen LogP contribution >= 0.6 is 0 Å². The molecule has 0 fully saturated rings. The molecule has 0 N–H and O–H groups in total. The van der Waals surface area contributed by atoms with Crippen LogP contribution in [-0.2, 0) is 20.0 Å². The largest absolute Gasteiger partial charge is 0.347 e. The second-order valence-electron chi connectivity index (χ2n) is 5.99. The zero-order valence-corrected chi connectivity index (χ0v) is 12.9. The van der Waals surface area contributed by atoms with E-state index in [4.69, 9.17) is 0 Å². The van der Waals surface area contributed by atoms with Gasteiger partial charge in [0, 0.05) is 54.3 Å². The number of aryl methyl sites for hydroxylation is 1. The first-order valence-electron chi connectivity index (χ1n) is 7.75. The van der Waals surface area contributed by atoms with Crippen molar-refractivity contribution in [2.24, 2.45) is 7.05 Å². The van der Waals surface area contributed by atoms with Crippen molar-refractivity contribution in [3.05, 3.63) is 71.2 Å². The van der Waals surface area contributed by atoms with E-state index in [1.807, 2.05) is 17.0 Å². The van der Waals surface area contributed by atoms with E-state index in [2.05, 4.69) is 23.7 Å². The Labute approximate surface area is 133 Å². The summed E-state index contributed by atoms with van der Waals surface area (Å²) in [6.45, 7) is 1.29. The molecule has 0 radical (unpaired) electrons. The van der Waals surface area contributed by atoms with Crippen molar-refractivity contribution in [1.29, 1.82) is 0 Å². The number of rotatable bonds is 1. The van der Waals surface area contributed by atoms with Crippen LogP contribution in [-0.4, -0.2) is 21.9 Å². The number of para-hydroxylation sites is 1. The lowest BCUT2D eigenvalue weighted by molar-refractivity contribution is 0.0734. The van der Waals surface area contributed by atoms with E-state index < -0.39 is 0 Å². The van der Waals surface area contributed by atoms with Gasteiger partial charge >= 0.3 is 0 Å². The van der Waals surface area contributed by atoms with E-state index in [0.29, 0.717) is 18.7 Å². The highest BCUT2D eigenvalue weighted by molar-refractivity contribution is 5.95. The lowest BCUT2D eigenvalue weighted by atomic mass is 10.0. The minimum atomic E-state index is -0.323. The number of carbonyl (C=O) groups is 1. The highest BCUT2D eigenvalue weighted by atomic mass is 19.1. The molecule has 0 spiro atoms. The third kappa shape index (κ3) is 2.22. The van der Waals surface area contributed by atoms with E-state index in [1.165, 1.54) is 34.3 Å². The highest BCUT2D eigenvalue weighted by Crippen LogP contribution is 2.30. The molecule has 0 saturated carbocycles. The molecule has 0 saturated heterocycles. The fraction of sp³-hybridized carbons (Fsp3) is 0.211. The summed E-state index contributed by atoms with van der Waals surface area (Å²) in [5, 5.41) is 1.21. The maximum atomic E-state index is 13.0. The molecule has 2 heterocycles. The zero-order chi connectivity index (χ0) is 16.0. The van der Waals surface area contributed by atoms with Crippen LogP contribution < -0.4 is 0 Å². The van der Waals surface area contributed by atoms with E-state index in [-0.39, 0.29) is 11.7 Å². The summed E-state index contributed by atoms with van der Waals surface area (Å²) in [5.74, 6) is -0.361. The number of hydrogen-bond donors (Lipinski definition) is 0. The summed E-state index contributed by atoms with van der Waals surface area (Å²) in [7, 11) is 2.08. The van der Waals surface area contributed by atoms with Gasteiger partial charge in [0.1, 0.15) is 5.82 Å². The highest BCUT2D eigenvalue weighted by Gasteiger charge is 2.26. The lowest BCUT2D eigenvalue weighted by Crippen LogP contribution is -2.36. The van der Waals surface area contributed by atoms with Crippen molar-refractivity contribution >= 4 is 16.8 Å². The molecule has 3 aromatic rings. The average Bonchev–Trinajstić information content (AvgIpc) is 2.88. The molecule has 4 heteroatoms. The van der Waals surface area contributed by atoms with Crippen molar-refractivity contribution in [3.63, 3.8) is 0 Å². The van der Waals surface area contributed by atoms with E-state index in [1.54, 1.807) is 12.1 Å². The van der Waals surface area contributed by atoms with Crippen molar-refractivity contribution in [2.75, 3.05) is 6.54 Å². The van der Waals surface area contributed by atoms with Crippen molar-refractivity contribution in [1.82, 2.24) is 9.47 Å². The number of nitrogens with zero attached hydrogens (tertiary/aromatic N) is 2. The molecule has 1 amide bonds. The molecule has 116 valence electrons. The quantitative estimate of drug-likeness (QED) is 0.675. The van der Waals surface area contributed by atoms with Crippen LogP contribution in [0.1, 0.15) is 21.6 Å². The standard InChI is InChI=1S/C19H17FN2O/c1-21-17-5-3-2-4-15(17)16-12-22(11-10-18(16)21)19(23)13-6-8-14(20)9-7-13/h2-9H,10-12H2,1H3. The Morgan fingerprint density at radius 2 is 1.83 bits per heavy atom. The van der Waals surface area contributed by atoms with Gasteiger partial charge in [-0.2, -0.15) is 0 Å². The summed E-state index contributed by atoms with van der Waals surface area (Å²) in [5.41, 5.74) is 4.27. The van der Waals surface area contributed by atoms with Crippen LogP contribution in [0, 0.1) is 5.82 Å². The number of carbonyl (C=O) groups excluding carboxylic acids is 1. The summed E-state index contributed by atoms with van der Waals surface area (Å²) in [6, 6.07) is 14.1. The number of aromatic nitrogens is 1. The van der Waals surface area contributed by atoms with Crippen molar-refractivity contribution in [2.45, 2.75) is 13.0 Å². The number of fused-ring (bicyclic) bond motifs is 3. The number of amides is 1. The fourth-order valence-corrected chi connectivity index (χ4v) is 3.48. The minimum Gasteiger partial charge on any atom is -0.347 e. The van der Waals surface area contributed by atoms with Gasteiger partial charge in [-0.05, 0) is 30.3 Å². The molecular formula is C19H17FN2O. The summed E-state index contributed by atoms with van der Waals surface area (Å²) in [4.78, 5) is 14.5. The molecule has 23 heavy (non-hydrogen) atoms. The first-order valence-corrected chi connectivity index (χ1v) is 7.75. The second-order valence-corrected chi connectivity index (χ2v) is 5.99. The van der Waals surface area contributed by atoms with Gasteiger partial charge in [0.2, 0.25) is 0 Å². The van der Waals surface area contributed by atoms with Gasteiger partial charge in [-0.25, -0.2) is 4.39 Å². The molecule has 1 aliphatic heterocycles. The Hall–Kier alpha value is -2.62. The topological polar surface area (TPSA) is 25.2 Å². The molecule has 1 aliphatic rings. The van der Waals surface area contributed by atoms with Crippen LogP contribution in [0.15, 0.2) is 48.5 Å². The molecule has 0 bridgehead atoms. The predicted octanol–water partition coefficient (Wildman–Crippen LogP) is 3.52. The Kier molecular flexibility index (Phi) is 3.18. The second kappa shape index (κ2) is 5.23. The SMILES string of the molecule is Cn1c2c(c3ccccc31)CN(C(=O)c1ccc(F)cc1)CC2. The summed E-state index contributed by atoms with van der Waals surface area (Å²) >= 11 is 0. The predicted molar refractivity (Wildman–Crippen MR) is 87.8 cm³/mol. The normalized spacial score (nSPS) is 14.1. The maximum Gasteiger partial charge on any atom is 0.254 e. The minimum absolute atomic E-state index is 0.0383. The Morgan fingerprint density at radius 3 is 2.61 bits per heavy atom. The number of hydrogen-bond acceptors (Lipinski definition) is 1. The maximum absolute atomic E-state index is 13.0. The van der Waals surface area contributed by atoms with Gasteiger partial charge < -0.3 is 9.47 Å². The summed E-state index contributed by atoms with van der Waals surface area (Å²) < 4.78 is 15.3. The van der Waals surface area contributed by atoms with Crippen LogP contribution in [0.3, 0.4) is 0 Å². The molecule has 0 aliphatic carbocycles. The Balaban J connectivity index is 1.70. The van der Waals surface area contributed by atoms with Crippen LogP contribution in [0.5, 0.6) is 0 Å². The van der Waals surface area contributed by atoms with Gasteiger partial charge in [-0.1, -0.05) is 18.2 Å². The third-order valence-corrected chi connectivity index (χ3v) is 4.69. The average molecular weight is 308 g/mol. The molecule has 3 nitrogen and oxygen atoms in total.